The largest absolute Gasteiger partial charge is 0.0988 e. The second-order valence-electron chi connectivity index (χ2n) is 5.35. The van der Waals surface area contributed by atoms with Gasteiger partial charge in [0.05, 0.1) is 0 Å². The third-order valence-corrected chi connectivity index (χ3v) is 3.75. The Kier molecular flexibility index (Phi) is 3.86. The Bertz CT molecular complexity index is 527. The van der Waals surface area contributed by atoms with E-state index < -0.39 is 0 Å². The predicted molar refractivity (Wildman–Crippen MR) is 79.9 cm³/mol. The molecule has 0 saturated heterocycles. The summed E-state index contributed by atoms with van der Waals surface area (Å²) in [5.74, 6) is 0. The summed E-state index contributed by atoms with van der Waals surface area (Å²) in [7, 11) is 0. The molecule has 0 saturated carbocycles. The minimum absolute atomic E-state index is 1.09. The maximum atomic E-state index is 3.83. The molecule has 1 aromatic rings. The van der Waals surface area contributed by atoms with Crippen molar-refractivity contribution in [3.8, 4) is 0 Å². The number of allylic oxidation sites excluding steroid dienone is 5. The van der Waals surface area contributed by atoms with Crippen molar-refractivity contribution in [2.75, 3.05) is 0 Å². The second-order valence-corrected chi connectivity index (χ2v) is 5.35. The smallest absolute Gasteiger partial charge is 0.00613 e. The minimum Gasteiger partial charge on any atom is -0.0988 e. The molecule has 0 N–H and O–H groups in total. The maximum absolute atomic E-state index is 3.83. The maximum Gasteiger partial charge on any atom is -0.00613 e. The fraction of sp³-hybridized carbons (Fsp3) is 0.333. The average molecular weight is 238 g/mol. The lowest BCUT2D eigenvalue weighted by atomic mass is 9.99. The Morgan fingerprint density at radius 3 is 2.67 bits per heavy atom. The lowest BCUT2D eigenvalue weighted by Gasteiger charge is -2.06. The SMILES string of the molecule is C=C/C(C)=C\C1=C(C)Cc2ccc(C)cc2CC1. The van der Waals surface area contributed by atoms with E-state index in [0.717, 1.165) is 19.3 Å². The number of hydrogen-bond donors (Lipinski definition) is 0. The van der Waals surface area contributed by atoms with Crippen molar-refractivity contribution < 1.29 is 0 Å². The fourth-order valence-corrected chi connectivity index (χ4v) is 2.57. The van der Waals surface area contributed by atoms with E-state index in [1.54, 1.807) is 0 Å². The molecule has 1 aliphatic rings. The average Bonchev–Trinajstić information content (AvgIpc) is 2.50. The van der Waals surface area contributed by atoms with Gasteiger partial charge in [-0.15, -0.1) is 0 Å². The lowest BCUT2D eigenvalue weighted by molar-refractivity contribution is 0.960. The molecule has 0 heteroatoms. The molecule has 0 radical (unpaired) electrons. The van der Waals surface area contributed by atoms with Gasteiger partial charge in [0, 0.05) is 0 Å². The Morgan fingerprint density at radius 2 is 1.94 bits per heavy atom. The molecule has 0 aliphatic heterocycles. The van der Waals surface area contributed by atoms with Crippen LogP contribution in [0.15, 0.2) is 53.6 Å². The van der Waals surface area contributed by atoms with Crippen LogP contribution in [-0.2, 0) is 12.8 Å². The van der Waals surface area contributed by atoms with Gasteiger partial charge < -0.3 is 0 Å². The first-order valence-corrected chi connectivity index (χ1v) is 6.68. The summed E-state index contributed by atoms with van der Waals surface area (Å²) in [6, 6.07) is 6.86. The van der Waals surface area contributed by atoms with E-state index in [2.05, 4.69) is 51.6 Å². The number of fused-ring (bicyclic) bond motifs is 1. The van der Waals surface area contributed by atoms with Crippen molar-refractivity contribution in [3.05, 3.63) is 70.3 Å². The third-order valence-electron chi connectivity index (χ3n) is 3.75. The molecule has 0 heterocycles. The molecule has 0 unspecified atom stereocenters. The Hall–Kier alpha value is -1.56. The third kappa shape index (κ3) is 2.81. The predicted octanol–water partition coefficient (Wildman–Crippen LogP) is 4.93. The van der Waals surface area contributed by atoms with Gasteiger partial charge in [0.15, 0.2) is 0 Å². The monoisotopic (exact) mass is 238 g/mol. The first-order valence-electron chi connectivity index (χ1n) is 6.68. The number of rotatable bonds is 2. The summed E-state index contributed by atoms with van der Waals surface area (Å²) in [5, 5.41) is 0. The topological polar surface area (TPSA) is 0 Å². The molecule has 18 heavy (non-hydrogen) atoms. The van der Waals surface area contributed by atoms with Crippen molar-refractivity contribution in [2.24, 2.45) is 0 Å². The van der Waals surface area contributed by atoms with Gasteiger partial charge >= 0.3 is 0 Å². The van der Waals surface area contributed by atoms with Gasteiger partial charge in [-0.3, -0.25) is 0 Å². The van der Waals surface area contributed by atoms with E-state index in [0.29, 0.717) is 0 Å². The van der Waals surface area contributed by atoms with Gasteiger partial charge in [0.2, 0.25) is 0 Å². The van der Waals surface area contributed by atoms with Crippen LogP contribution < -0.4 is 0 Å². The summed E-state index contributed by atoms with van der Waals surface area (Å²) < 4.78 is 0. The van der Waals surface area contributed by atoms with E-state index in [1.165, 1.54) is 33.4 Å². The molecule has 0 fully saturated rings. The molecule has 1 aliphatic carbocycles. The van der Waals surface area contributed by atoms with Crippen molar-refractivity contribution in [1.82, 2.24) is 0 Å². The van der Waals surface area contributed by atoms with Gasteiger partial charge in [-0.25, -0.2) is 0 Å². The second kappa shape index (κ2) is 5.39. The van der Waals surface area contributed by atoms with Crippen molar-refractivity contribution >= 4 is 0 Å². The van der Waals surface area contributed by atoms with E-state index >= 15 is 0 Å². The van der Waals surface area contributed by atoms with E-state index in [4.69, 9.17) is 0 Å². The normalized spacial score (nSPS) is 16.3. The molecule has 2 rings (SSSR count). The number of aryl methyl sites for hydroxylation is 2. The molecule has 0 aromatic heterocycles. The molecule has 0 amide bonds. The number of benzene rings is 1. The summed E-state index contributed by atoms with van der Waals surface area (Å²) in [5.41, 5.74) is 8.63. The zero-order valence-corrected chi connectivity index (χ0v) is 11.7. The zero-order chi connectivity index (χ0) is 13.1. The van der Waals surface area contributed by atoms with Crippen LogP contribution in [0.1, 0.15) is 37.0 Å². The van der Waals surface area contributed by atoms with Crippen LogP contribution in [0.3, 0.4) is 0 Å². The highest BCUT2D eigenvalue weighted by Crippen LogP contribution is 2.27. The quantitative estimate of drug-likeness (QED) is 0.641. The van der Waals surface area contributed by atoms with Crippen molar-refractivity contribution in [2.45, 2.75) is 40.0 Å². The molecule has 94 valence electrons. The highest BCUT2D eigenvalue weighted by atomic mass is 14.2. The van der Waals surface area contributed by atoms with Crippen molar-refractivity contribution in [3.63, 3.8) is 0 Å². The molecule has 0 spiro atoms. The molecule has 0 atom stereocenters. The number of hydrogen-bond acceptors (Lipinski definition) is 0. The summed E-state index contributed by atoms with van der Waals surface area (Å²) >= 11 is 0. The van der Waals surface area contributed by atoms with E-state index in [9.17, 15) is 0 Å². The highest BCUT2D eigenvalue weighted by Gasteiger charge is 2.12. The first kappa shape index (κ1) is 12.9. The van der Waals surface area contributed by atoms with Crippen LogP contribution in [0.2, 0.25) is 0 Å². The van der Waals surface area contributed by atoms with Crippen LogP contribution in [0.4, 0.5) is 0 Å². The van der Waals surface area contributed by atoms with Crippen LogP contribution in [0.25, 0.3) is 0 Å². The highest BCUT2D eigenvalue weighted by molar-refractivity contribution is 5.41. The van der Waals surface area contributed by atoms with E-state index in [-0.39, 0.29) is 0 Å². The standard InChI is InChI=1S/C18H22/c1-5-13(2)10-16-8-9-17-11-14(3)6-7-18(17)12-15(16)4/h5-7,10-11H,1,8-9,12H2,2-4H3/b13-10-. The van der Waals surface area contributed by atoms with Crippen molar-refractivity contribution in [1.29, 1.82) is 0 Å². The fourth-order valence-electron chi connectivity index (χ4n) is 2.57. The zero-order valence-electron chi connectivity index (χ0n) is 11.7. The molecule has 0 bridgehead atoms. The molecular weight excluding hydrogens is 216 g/mol. The first-order chi connectivity index (χ1) is 8.60. The van der Waals surface area contributed by atoms with Gasteiger partial charge in [-0.05, 0) is 56.7 Å². The van der Waals surface area contributed by atoms with Crippen LogP contribution in [-0.4, -0.2) is 0 Å². The molecule has 0 nitrogen and oxygen atoms in total. The van der Waals surface area contributed by atoms with Crippen LogP contribution in [0, 0.1) is 6.92 Å². The lowest BCUT2D eigenvalue weighted by Crippen LogP contribution is -1.92. The van der Waals surface area contributed by atoms with Gasteiger partial charge in [0.1, 0.15) is 0 Å². The summed E-state index contributed by atoms with van der Waals surface area (Å²) in [4.78, 5) is 0. The molecule has 1 aromatic carbocycles. The Balaban J connectivity index is 2.33. The van der Waals surface area contributed by atoms with Crippen LogP contribution >= 0.6 is 0 Å². The van der Waals surface area contributed by atoms with Gasteiger partial charge in [-0.2, -0.15) is 0 Å². The summed E-state index contributed by atoms with van der Waals surface area (Å²) in [6.45, 7) is 10.4. The van der Waals surface area contributed by atoms with Gasteiger partial charge in [-0.1, -0.05) is 53.6 Å². The Morgan fingerprint density at radius 1 is 1.17 bits per heavy atom. The van der Waals surface area contributed by atoms with Gasteiger partial charge in [0.25, 0.3) is 0 Å². The minimum atomic E-state index is 1.09. The Labute approximate surface area is 111 Å². The van der Waals surface area contributed by atoms with Crippen LogP contribution in [0.5, 0.6) is 0 Å². The molecular formula is C18H22. The summed E-state index contributed by atoms with van der Waals surface area (Å²) in [6.07, 6.45) is 7.62. The van der Waals surface area contributed by atoms with E-state index in [1.807, 2.05) is 6.08 Å².